The lowest BCUT2D eigenvalue weighted by atomic mass is 10.1. The number of nitrogens with one attached hydrogen (secondary N) is 2. The summed E-state index contributed by atoms with van der Waals surface area (Å²) in [6, 6.07) is 8.79. The number of aromatic nitrogens is 1. The molecule has 2 rings (SSSR count). The minimum Gasteiger partial charge on any atom is -0.317 e. The molecule has 2 amide bonds. The van der Waals surface area contributed by atoms with E-state index >= 15 is 0 Å². The number of anilines is 2. The molecule has 0 unspecified atom stereocenters. The van der Waals surface area contributed by atoms with Gasteiger partial charge in [-0.25, -0.2) is 4.98 Å². The lowest BCUT2D eigenvalue weighted by Crippen LogP contribution is -2.29. The first-order valence-electron chi connectivity index (χ1n) is 6.28. The van der Waals surface area contributed by atoms with Crippen molar-refractivity contribution in [3.63, 3.8) is 0 Å². The molecular formula is C15H14ClN3O2. The van der Waals surface area contributed by atoms with Gasteiger partial charge in [-0.3, -0.25) is 9.59 Å². The van der Waals surface area contributed by atoms with Gasteiger partial charge in [-0.1, -0.05) is 29.8 Å². The zero-order chi connectivity index (χ0) is 15.4. The minimum absolute atomic E-state index is 0.130. The second kappa shape index (κ2) is 6.37. The fraction of sp³-hybridized carbons (Fsp3) is 0.133. The van der Waals surface area contributed by atoms with Gasteiger partial charge >= 0.3 is 11.8 Å². The number of para-hydroxylation sites is 1. The van der Waals surface area contributed by atoms with E-state index in [9.17, 15) is 9.59 Å². The highest BCUT2D eigenvalue weighted by Gasteiger charge is 2.17. The maximum Gasteiger partial charge on any atom is 0.314 e. The highest BCUT2D eigenvalue weighted by molar-refractivity contribution is 6.44. The summed E-state index contributed by atoms with van der Waals surface area (Å²) in [4.78, 5) is 27.7. The van der Waals surface area contributed by atoms with E-state index < -0.39 is 11.8 Å². The van der Waals surface area contributed by atoms with Crippen LogP contribution in [0.5, 0.6) is 0 Å². The SMILES string of the molecule is Cc1cccc(C)c1NC(=O)C(=O)Nc1cccnc1Cl. The number of benzene rings is 1. The molecule has 108 valence electrons. The van der Waals surface area contributed by atoms with Gasteiger partial charge in [0, 0.05) is 11.9 Å². The Labute approximate surface area is 127 Å². The Morgan fingerprint density at radius 3 is 2.24 bits per heavy atom. The van der Waals surface area contributed by atoms with E-state index in [0.717, 1.165) is 11.1 Å². The molecule has 0 spiro atoms. The van der Waals surface area contributed by atoms with Crippen molar-refractivity contribution >= 4 is 34.8 Å². The summed E-state index contributed by atoms with van der Waals surface area (Å²) in [7, 11) is 0. The molecule has 0 radical (unpaired) electrons. The Morgan fingerprint density at radius 2 is 1.62 bits per heavy atom. The van der Waals surface area contributed by atoms with Crippen LogP contribution in [0.15, 0.2) is 36.5 Å². The van der Waals surface area contributed by atoms with Crippen LogP contribution < -0.4 is 10.6 Å². The van der Waals surface area contributed by atoms with Crippen LogP contribution in [0.1, 0.15) is 11.1 Å². The first kappa shape index (κ1) is 15.0. The molecule has 1 aromatic heterocycles. The second-order valence-electron chi connectivity index (χ2n) is 4.52. The van der Waals surface area contributed by atoms with E-state index in [2.05, 4.69) is 15.6 Å². The number of pyridine rings is 1. The van der Waals surface area contributed by atoms with Gasteiger partial charge in [-0.2, -0.15) is 0 Å². The molecule has 0 atom stereocenters. The Morgan fingerprint density at radius 1 is 1.00 bits per heavy atom. The largest absolute Gasteiger partial charge is 0.317 e. The molecule has 1 aromatic carbocycles. The number of carbonyl (C=O) groups excluding carboxylic acids is 2. The number of nitrogens with zero attached hydrogens (tertiary/aromatic N) is 1. The van der Waals surface area contributed by atoms with Crippen molar-refractivity contribution in [1.29, 1.82) is 0 Å². The Bertz CT molecular complexity index is 681. The highest BCUT2D eigenvalue weighted by Crippen LogP contribution is 2.20. The van der Waals surface area contributed by atoms with Crippen molar-refractivity contribution in [1.82, 2.24) is 4.98 Å². The van der Waals surface area contributed by atoms with Gasteiger partial charge in [0.25, 0.3) is 0 Å². The number of aryl methyl sites for hydroxylation is 2. The zero-order valence-corrected chi connectivity index (χ0v) is 12.4. The summed E-state index contributed by atoms with van der Waals surface area (Å²) in [5.41, 5.74) is 2.70. The maximum absolute atomic E-state index is 11.9. The van der Waals surface area contributed by atoms with Crippen LogP contribution in [0.2, 0.25) is 5.15 Å². The van der Waals surface area contributed by atoms with Crippen molar-refractivity contribution in [2.75, 3.05) is 10.6 Å². The summed E-state index contributed by atoms with van der Waals surface area (Å²) < 4.78 is 0. The average molecular weight is 304 g/mol. The average Bonchev–Trinajstić information content (AvgIpc) is 2.45. The number of hydrogen-bond acceptors (Lipinski definition) is 3. The molecule has 2 aromatic rings. The van der Waals surface area contributed by atoms with Crippen LogP contribution in [0.4, 0.5) is 11.4 Å². The third-order valence-corrected chi connectivity index (χ3v) is 3.23. The molecule has 6 heteroatoms. The second-order valence-corrected chi connectivity index (χ2v) is 4.87. The maximum atomic E-state index is 11.9. The molecule has 0 saturated heterocycles. The smallest absolute Gasteiger partial charge is 0.314 e. The van der Waals surface area contributed by atoms with Crippen LogP contribution in [0, 0.1) is 13.8 Å². The number of amides is 2. The summed E-state index contributed by atoms with van der Waals surface area (Å²) in [6.45, 7) is 3.72. The van der Waals surface area contributed by atoms with Crippen molar-refractivity contribution in [2.45, 2.75) is 13.8 Å². The summed E-state index contributed by atoms with van der Waals surface area (Å²) in [5.74, 6) is -1.56. The first-order chi connectivity index (χ1) is 9.99. The standard InChI is InChI=1S/C15H14ClN3O2/c1-9-5-3-6-10(2)12(9)19-15(21)14(20)18-11-7-4-8-17-13(11)16/h3-8H,1-2H3,(H,18,20)(H,19,21). The van der Waals surface area contributed by atoms with E-state index in [1.165, 1.54) is 6.20 Å². The van der Waals surface area contributed by atoms with Crippen LogP contribution in [0.3, 0.4) is 0 Å². The molecule has 0 aliphatic rings. The van der Waals surface area contributed by atoms with Gasteiger partial charge in [0.1, 0.15) is 0 Å². The predicted molar refractivity (Wildman–Crippen MR) is 82.4 cm³/mol. The number of rotatable bonds is 2. The molecule has 0 saturated carbocycles. The Kier molecular flexibility index (Phi) is 4.55. The quantitative estimate of drug-likeness (QED) is 0.662. The van der Waals surface area contributed by atoms with Crippen LogP contribution >= 0.6 is 11.6 Å². The van der Waals surface area contributed by atoms with Gasteiger partial charge in [0.05, 0.1) is 5.69 Å². The molecular weight excluding hydrogens is 290 g/mol. The molecule has 0 aliphatic heterocycles. The normalized spacial score (nSPS) is 10.0. The number of halogens is 1. The topological polar surface area (TPSA) is 71.1 Å². The van der Waals surface area contributed by atoms with Crippen LogP contribution in [0.25, 0.3) is 0 Å². The number of carbonyl (C=O) groups is 2. The van der Waals surface area contributed by atoms with E-state index in [4.69, 9.17) is 11.6 Å². The predicted octanol–water partition coefficient (Wildman–Crippen LogP) is 2.93. The molecule has 21 heavy (non-hydrogen) atoms. The van der Waals surface area contributed by atoms with E-state index in [0.29, 0.717) is 11.4 Å². The molecule has 2 N–H and O–H groups in total. The monoisotopic (exact) mass is 303 g/mol. The fourth-order valence-electron chi connectivity index (χ4n) is 1.84. The van der Waals surface area contributed by atoms with Crippen LogP contribution in [-0.2, 0) is 9.59 Å². The van der Waals surface area contributed by atoms with Crippen molar-refractivity contribution in [3.8, 4) is 0 Å². The summed E-state index contributed by atoms with van der Waals surface area (Å²) in [6.07, 6.45) is 1.49. The Hall–Kier alpha value is -2.40. The molecule has 0 bridgehead atoms. The van der Waals surface area contributed by atoms with Crippen molar-refractivity contribution < 1.29 is 9.59 Å². The van der Waals surface area contributed by atoms with Crippen LogP contribution in [-0.4, -0.2) is 16.8 Å². The number of hydrogen-bond donors (Lipinski definition) is 2. The third-order valence-electron chi connectivity index (χ3n) is 2.93. The first-order valence-corrected chi connectivity index (χ1v) is 6.66. The van der Waals surface area contributed by atoms with Gasteiger partial charge in [-0.05, 0) is 37.1 Å². The lowest BCUT2D eigenvalue weighted by Gasteiger charge is -2.11. The van der Waals surface area contributed by atoms with E-state index in [-0.39, 0.29) is 5.15 Å². The highest BCUT2D eigenvalue weighted by atomic mass is 35.5. The fourth-order valence-corrected chi connectivity index (χ4v) is 2.01. The third kappa shape index (κ3) is 3.58. The van der Waals surface area contributed by atoms with Gasteiger partial charge < -0.3 is 10.6 Å². The Balaban J connectivity index is 2.10. The van der Waals surface area contributed by atoms with Crippen molar-refractivity contribution in [2.24, 2.45) is 0 Å². The molecule has 1 heterocycles. The van der Waals surface area contributed by atoms with Crippen molar-refractivity contribution in [3.05, 3.63) is 52.8 Å². The van der Waals surface area contributed by atoms with Gasteiger partial charge in [-0.15, -0.1) is 0 Å². The van der Waals surface area contributed by atoms with Gasteiger partial charge in [0.2, 0.25) is 0 Å². The molecule has 0 aliphatic carbocycles. The van der Waals surface area contributed by atoms with E-state index in [1.807, 2.05) is 32.0 Å². The molecule has 5 nitrogen and oxygen atoms in total. The summed E-state index contributed by atoms with van der Waals surface area (Å²) in [5, 5.41) is 5.16. The lowest BCUT2D eigenvalue weighted by molar-refractivity contribution is -0.133. The zero-order valence-electron chi connectivity index (χ0n) is 11.6. The summed E-state index contributed by atoms with van der Waals surface area (Å²) >= 11 is 5.83. The minimum atomic E-state index is -0.799. The molecule has 0 fully saturated rings. The van der Waals surface area contributed by atoms with E-state index in [1.54, 1.807) is 12.1 Å². The van der Waals surface area contributed by atoms with Gasteiger partial charge in [0.15, 0.2) is 5.15 Å².